The highest BCUT2D eigenvalue weighted by molar-refractivity contribution is 6.32. The van der Waals surface area contributed by atoms with Gasteiger partial charge in [-0.25, -0.2) is 5.43 Å². The molecule has 22 N–H and O–H groups in total. The Morgan fingerprint density at radius 1 is 0.712 bits per heavy atom. The number of fused-ring (bicyclic) bond motifs is 15. The molecule has 0 saturated carbocycles. The maximum Gasteiger partial charge on any atom is 0.394 e. The second-order valence-electron chi connectivity index (χ2n) is 31.2. The lowest BCUT2D eigenvalue weighted by Gasteiger charge is -2.48. The highest BCUT2D eigenvalue weighted by Crippen LogP contribution is 2.50. The van der Waals surface area contributed by atoms with Gasteiger partial charge < -0.3 is 133 Å². The minimum atomic E-state index is -3.47. The number of primary amides is 1. The van der Waals surface area contributed by atoms with Gasteiger partial charge in [0.25, 0.3) is 11.8 Å². The van der Waals surface area contributed by atoms with E-state index in [1.807, 2.05) is 13.8 Å². The summed E-state index contributed by atoms with van der Waals surface area (Å²) >= 11 is 14.4. The van der Waals surface area contributed by atoms with Gasteiger partial charge in [-0.15, -0.1) is 0 Å². The Morgan fingerprint density at radius 2 is 1.35 bits per heavy atom. The summed E-state index contributed by atoms with van der Waals surface area (Å²) in [5.74, 6) is -16.0. The van der Waals surface area contributed by atoms with Crippen LogP contribution in [0.25, 0.3) is 11.1 Å². The number of nitrogens with one attached hydrogen (secondary N) is 11. The molecule has 7 aromatic rings. The number of halogens is 4. The summed E-state index contributed by atoms with van der Waals surface area (Å²) in [7, 11) is 1.47. The molecule has 18 atom stereocenters. The van der Waals surface area contributed by atoms with Gasteiger partial charge in [0.05, 0.1) is 41.3 Å². The highest BCUT2D eigenvalue weighted by atomic mass is 35.5. The van der Waals surface area contributed by atoms with Gasteiger partial charge in [0.1, 0.15) is 101 Å². The number of aliphatic hydroxyl groups is 6. The zero-order chi connectivity index (χ0) is 90.5. The number of hydrazine groups is 1. The summed E-state index contributed by atoms with van der Waals surface area (Å²) < 4.78 is 71.2. The Labute approximate surface area is 722 Å². The number of hydrogen-bond donors (Lipinski definition) is 21. The zero-order valence-corrected chi connectivity index (χ0v) is 69.4. The van der Waals surface area contributed by atoms with E-state index in [0.29, 0.717) is 18.2 Å². The number of likely N-dealkylation sites (N-methyl/N-ethyl adjacent to an activating group) is 1. The van der Waals surface area contributed by atoms with E-state index in [-0.39, 0.29) is 65.6 Å². The summed E-state index contributed by atoms with van der Waals surface area (Å²) in [6, 6.07) is 11.4. The summed E-state index contributed by atoms with van der Waals surface area (Å²) in [5.41, 5.74) is 7.88. The van der Waals surface area contributed by atoms with Crippen molar-refractivity contribution in [2.24, 2.45) is 11.7 Å². The third-order valence-electron chi connectivity index (χ3n) is 21.4. The van der Waals surface area contributed by atoms with Gasteiger partial charge in [0.2, 0.25) is 53.4 Å². The molecule has 125 heavy (non-hydrogen) atoms. The number of rotatable bonds is 22. The SMILES string of the molecule is CCNNC(=O)[C@@H]1NC(=O)[C@H]2NC(=O)[C@H](NC(=O)[C@@H]3NC(=O)[C@H](CC(N)=O)NC(=O)[C@H](NC(=O)[C@@H](CC(C)C)NC)[C@H](O)c4ccc(c(Cl)c4)Oc4cc3cc(c4O[C@@H]3O[C@H](CO)[C@@H](O)[C@H](O)[C@H]3O[C@H]3C[C@](C)(NCc4cccc(NC(=O)c5ccc(OC(C)(F)F)cc5)c4)[C@H](O)[C@H](C)O3)Oc3ccc(cc3Cl)[C@H]2O)c2ccc(O)c(c2)-c2c(O)cc(O)cc21. The number of carbonyl (C=O) groups excluding carboxylic acids is 9. The normalized spacial score (nSPS) is 26.0. The molecule has 7 aliphatic heterocycles. The summed E-state index contributed by atoms with van der Waals surface area (Å²) in [4.78, 5) is 133. The number of aliphatic hydroxyl groups excluding tert-OH is 6. The average molecular weight is 1780 g/mol. The first-order chi connectivity index (χ1) is 59.2. The van der Waals surface area contributed by atoms with Crippen LogP contribution in [0.3, 0.4) is 0 Å². The Balaban J connectivity index is 1.01. The predicted molar refractivity (Wildman–Crippen MR) is 438 cm³/mol. The Kier molecular flexibility index (Phi) is 28.7. The number of aromatic hydroxyl groups is 3. The molecule has 668 valence electrons. The Morgan fingerprint density at radius 3 is 1.98 bits per heavy atom. The van der Waals surface area contributed by atoms with Gasteiger partial charge in [-0.05, 0) is 158 Å². The molecule has 0 aliphatic carbocycles. The van der Waals surface area contributed by atoms with E-state index in [0.717, 1.165) is 60.7 Å². The van der Waals surface area contributed by atoms with E-state index in [2.05, 4.69) is 63.4 Å². The molecule has 0 spiro atoms. The maximum atomic E-state index is 16.3. The first kappa shape index (κ1) is 92.5. The van der Waals surface area contributed by atoms with Crippen LogP contribution in [-0.4, -0.2) is 204 Å². The van der Waals surface area contributed by atoms with E-state index < -0.39 is 254 Å². The first-order valence-electron chi connectivity index (χ1n) is 39.5. The molecule has 41 heteroatoms. The minimum Gasteiger partial charge on any atom is -0.508 e. The number of carbonyl (C=O) groups is 9. The van der Waals surface area contributed by atoms with Crippen LogP contribution in [0.1, 0.15) is 135 Å². The fraction of sp³-hybridized carbons (Fsp3) is 0.393. The van der Waals surface area contributed by atoms with Crippen LogP contribution in [0.5, 0.6) is 51.7 Å². The molecule has 37 nitrogen and oxygen atoms in total. The van der Waals surface area contributed by atoms with Gasteiger partial charge in [0.15, 0.2) is 23.9 Å². The molecule has 2 saturated heterocycles. The van der Waals surface area contributed by atoms with E-state index in [9.17, 15) is 73.9 Å². The Hall–Kier alpha value is -11.7. The number of hydrogen-bond acceptors (Lipinski definition) is 28. The summed E-state index contributed by atoms with van der Waals surface area (Å²) in [6.07, 6.45) is -22.9. The van der Waals surface area contributed by atoms with Gasteiger partial charge >= 0.3 is 6.11 Å². The standard InChI is InChI=1S/C84H94Cl2F2N12O25/c1-8-92-100-81(118)64-47-29-44(102)30-53(104)61(47)46-24-39(14-19-52(46)103)62-77(114)99-66(80(117)97-64)68(107)41-16-21-55(49(86)26-41)121-57-28-42-27-56(120-54-20-15-40(25-48(54)85)67(106)65(98-75(112)50(90-7)22-35(2)3)79(116)94-51(31-59(89)105)76(113)95-63(42)78(115)96-62)71(57)124-82-72(70(109)69(108)58(34-101)122-82)123-60-32-83(5,73(110)36(4)119-60)91-33-37-10-9-11-43(23-37)93-74(111)38-12-17-45(18-13-38)125-84(6,87)88/h9-21,23-30,35-36,50-51,58,60,62-70,72-73,82,90-92,101-104,106-110H,8,22,31-34H2,1-7H3,(H2,89,105)(H,93,111)(H,94,116)(H,95,113)(H,96,115)(H,97,117)(H,98,112)(H,99,114)(H,100,118)/t36-,50+,51-,58+,60-,62+,63+,64+,65+,66-,67+,68+,69+,70-,72+,73+,82-,83-/m0/s1. The lowest BCUT2D eigenvalue weighted by molar-refractivity contribution is -0.334. The molecule has 0 aromatic heterocycles. The van der Waals surface area contributed by atoms with Crippen molar-refractivity contribution in [3.8, 4) is 62.9 Å². The molecular weight excluding hydrogens is 1690 g/mol. The van der Waals surface area contributed by atoms with Crippen molar-refractivity contribution in [3.63, 3.8) is 0 Å². The van der Waals surface area contributed by atoms with Crippen molar-refractivity contribution < 1.29 is 131 Å². The molecule has 11 bridgehead atoms. The second kappa shape index (κ2) is 38.8. The number of phenolic OH excluding ortho intramolecular Hbond substituents is 3. The van der Waals surface area contributed by atoms with Crippen LogP contribution >= 0.6 is 23.2 Å². The molecule has 0 unspecified atom stereocenters. The predicted octanol–water partition coefficient (Wildman–Crippen LogP) is 3.74. The maximum absolute atomic E-state index is 16.3. The molecule has 7 aliphatic rings. The minimum absolute atomic E-state index is 0.000222. The van der Waals surface area contributed by atoms with E-state index in [1.165, 1.54) is 56.4 Å². The molecule has 7 heterocycles. The number of phenols is 3. The number of amides is 9. The number of nitrogens with two attached hydrogens (primary N) is 1. The topological polar surface area (TPSA) is 559 Å². The largest absolute Gasteiger partial charge is 0.508 e. The third-order valence-corrected chi connectivity index (χ3v) is 22.0. The zero-order valence-electron chi connectivity index (χ0n) is 67.9. The van der Waals surface area contributed by atoms with Crippen LogP contribution < -0.4 is 83.4 Å². The van der Waals surface area contributed by atoms with Crippen LogP contribution in [0.15, 0.2) is 127 Å². The molecule has 9 amide bonds. The molecular formula is C84H94Cl2F2N12O25. The van der Waals surface area contributed by atoms with E-state index in [1.54, 1.807) is 38.1 Å². The fourth-order valence-corrected chi connectivity index (χ4v) is 15.5. The van der Waals surface area contributed by atoms with Gasteiger partial charge in [-0.2, -0.15) is 8.78 Å². The molecule has 2 fully saturated rings. The monoisotopic (exact) mass is 1780 g/mol. The highest BCUT2D eigenvalue weighted by Gasteiger charge is 2.52. The van der Waals surface area contributed by atoms with Gasteiger partial charge in [-0.1, -0.05) is 74.3 Å². The second-order valence-corrected chi connectivity index (χ2v) is 32.1. The lowest BCUT2D eigenvalue weighted by Crippen LogP contribution is -2.65. The molecule has 7 aromatic carbocycles. The van der Waals surface area contributed by atoms with Gasteiger partial charge in [0, 0.05) is 60.4 Å². The first-order valence-corrected chi connectivity index (χ1v) is 40.3. The third kappa shape index (κ3) is 21.3. The Bertz CT molecular complexity index is 5250. The number of anilines is 1. The quantitative estimate of drug-likeness (QED) is 0.0430. The van der Waals surface area contributed by atoms with Crippen LogP contribution in [0.2, 0.25) is 10.0 Å². The fourth-order valence-electron chi connectivity index (χ4n) is 15.0. The van der Waals surface area contributed by atoms with Crippen molar-refractivity contribution >= 4 is 82.1 Å². The van der Waals surface area contributed by atoms with Crippen molar-refractivity contribution in [2.45, 2.75) is 183 Å². The lowest BCUT2D eigenvalue weighted by atomic mass is 9.84. The van der Waals surface area contributed by atoms with Crippen LogP contribution in [0.4, 0.5) is 14.5 Å². The smallest absolute Gasteiger partial charge is 0.394 e. The molecule has 14 rings (SSSR count). The van der Waals surface area contributed by atoms with Crippen molar-refractivity contribution in [1.82, 2.24) is 53.4 Å². The van der Waals surface area contributed by atoms with Crippen molar-refractivity contribution in [1.29, 1.82) is 0 Å². The van der Waals surface area contributed by atoms with Crippen LogP contribution in [0, 0.1) is 5.92 Å². The van der Waals surface area contributed by atoms with Gasteiger partial charge in [-0.3, -0.25) is 48.6 Å². The van der Waals surface area contributed by atoms with Crippen molar-refractivity contribution in [3.05, 3.63) is 176 Å². The molecule has 0 radical (unpaired) electrons. The van der Waals surface area contributed by atoms with Crippen molar-refractivity contribution in [2.75, 3.05) is 25.5 Å². The number of benzene rings is 7. The van der Waals surface area contributed by atoms with E-state index >= 15 is 24.0 Å². The van der Waals surface area contributed by atoms with E-state index in [4.69, 9.17) is 57.4 Å². The average Bonchev–Trinajstić information content (AvgIpc) is 0.761. The van der Waals surface area contributed by atoms with Crippen LogP contribution in [-0.2, 0) is 59.1 Å². The number of alkyl halides is 2. The summed E-state index contributed by atoms with van der Waals surface area (Å²) in [6.45, 7) is 8.02. The summed E-state index contributed by atoms with van der Waals surface area (Å²) in [5, 5.41) is 130. The number of ether oxygens (including phenoxy) is 7.